The molecule has 0 radical (unpaired) electrons. The number of amides is 1. The lowest BCUT2D eigenvalue weighted by Crippen LogP contribution is -2.45. The summed E-state index contributed by atoms with van der Waals surface area (Å²) in [6.45, 7) is 2.36. The van der Waals surface area contributed by atoms with Gasteiger partial charge in [-0.05, 0) is 43.0 Å². The molecule has 9 nitrogen and oxygen atoms in total. The Bertz CT molecular complexity index is 1120. The number of carbonyl (C=O) groups excluding carboxylic acids is 1. The number of rotatable bonds is 4. The van der Waals surface area contributed by atoms with Crippen molar-refractivity contribution in [3.63, 3.8) is 0 Å². The van der Waals surface area contributed by atoms with E-state index in [1.54, 1.807) is 5.06 Å². The van der Waals surface area contributed by atoms with Crippen LogP contribution >= 0.6 is 22.9 Å². The van der Waals surface area contributed by atoms with E-state index >= 15 is 0 Å². The van der Waals surface area contributed by atoms with E-state index in [0.29, 0.717) is 40.5 Å². The highest BCUT2D eigenvalue weighted by atomic mass is 35.5. The Hall–Kier alpha value is -2.69. The molecule has 1 amide bonds. The lowest BCUT2D eigenvalue weighted by molar-refractivity contribution is -0.108. The molecule has 11 heteroatoms. The number of carbonyl (C=O) groups is 1. The number of piperidine rings is 1. The van der Waals surface area contributed by atoms with E-state index in [4.69, 9.17) is 21.2 Å². The number of halogens is 1. The molecule has 5 rings (SSSR count). The highest BCUT2D eigenvalue weighted by Crippen LogP contribution is 2.34. The Morgan fingerprint density at radius 3 is 2.90 bits per heavy atom. The summed E-state index contributed by atoms with van der Waals surface area (Å²) in [5.74, 6) is 0.371. The maximum atomic E-state index is 12.3. The monoisotopic (exact) mass is 460 g/mol. The largest absolute Gasteiger partial charge is 0.479 e. The van der Waals surface area contributed by atoms with Crippen LogP contribution in [0.15, 0.2) is 24.5 Å². The summed E-state index contributed by atoms with van der Waals surface area (Å²) in [6, 6.07) is 6.55. The number of nitrogens with zero attached hydrogens (tertiary/aromatic N) is 5. The molecule has 3 aromatic rings. The van der Waals surface area contributed by atoms with Crippen LogP contribution in [-0.4, -0.2) is 58.9 Å². The predicted octanol–water partition coefficient (Wildman–Crippen LogP) is 3.74. The van der Waals surface area contributed by atoms with Crippen LogP contribution in [0.3, 0.4) is 0 Å². The van der Waals surface area contributed by atoms with Gasteiger partial charge in [-0.1, -0.05) is 22.9 Å². The van der Waals surface area contributed by atoms with E-state index in [2.05, 4.69) is 37.3 Å². The number of aromatic nitrogens is 3. The molecule has 0 saturated carbocycles. The molecule has 31 heavy (non-hydrogen) atoms. The lowest BCUT2D eigenvalue weighted by Gasteiger charge is -2.36. The van der Waals surface area contributed by atoms with Crippen LogP contribution in [0.1, 0.15) is 18.4 Å². The van der Waals surface area contributed by atoms with Crippen molar-refractivity contribution in [2.45, 2.75) is 25.3 Å². The van der Waals surface area contributed by atoms with E-state index in [1.165, 1.54) is 36.0 Å². The Balaban J connectivity index is 1.16. The summed E-state index contributed by atoms with van der Waals surface area (Å²) in [5.41, 5.74) is 3.09. The van der Waals surface area contributed by atoms with Gasteiger partial charge in [-0.2, -0.15) is 4.98 Å². The van der Waals surface area contributed by atoms with Gasteiger partial charge in [0.05, 0.1) is 7.11 Å². The minimum Gasteiger partial charge on any atom is -0.479 e. The van der Waals surface area contributed by atoms with E-state index in [0.717, 1.165) is 30.8 Å². The van der Waals surface area contributed by atoms with Gasteiger partial charge in [-0.3, -0.25) is 5.32 Å². The van der Waals surface area contributed by atoms with Gasteiger partial charge in [-0.15, -0.1) is 5.06 Å². The predicted molar refractivity (Wildman–Crippen MR) is 119 cm³/mol. The number of hydroxylamine groups is 2. The third-order valence-corrected chi connectivity index (χ3v) is 6.73. The molecule has 4 heterocycles. The van der Waals surface area contributed by atoms with E-state index in [1.807, 2.05) is 6.07 Å². The summed E-state index contributed by atoms with van der Waals surface area (Å²) < 4.78 is 5.18. The minimum absolute atomic E-state index is 0.371. The van der Waals surface area contributed by atoms with E-state index < -0.39 is 6.09 Å². The van der Waals surface area contributed by atoms with Crippen molar-refractivity contribution in [1.29, 1.82) is 0 Å². The van der Waals surface area contributed by atoms with Crippen LogP contribution in [0.5, 0.6) is 5.88 Å². The SMILES string of the molecule is COc1ncnc2sc(NC(=O)ON3CCC(N4CCc5cc(Cl)ccc54)CC3)nc12. The van der Waals surface area contributed by atoms with E-state index in [9.17, 15) is 4.79 Å². The second-order valence-corrected chi connectivity index (χ2v) is 8.85. The zero-order valence-electron chi connectivity index (χ0n) is 16.9. The van der Waals surface area contributed by atoms with Gasteiger partial charge in [0.15, 0.2) is 15.5 Å². The van der Waals surface area contributed by atoms with Crippen LogP contribution in [0.4, 0.5) is 15.6 Å². The first-order valence-corrected chi connectivity index (χ1v) is 11.2. The fourth-order valence-corrected chi connectivity index (χ4v) is 5.16. The molecule has 2 aromatic heterocycles. The molecular weight excluding hydrogens is 440 g/mol. The second-order valence-electron chi connectivity index (χ2n) is 7.44. The zero-order valence-corrected chi connectivity index (χ0v) is 18.4. The number of anilines is 2. The van der Waals surface area contributed by atoms with Gasteiger partial charge < -0.3 is 14.5 Å². The molecule has 0 aliphatic carbocycles. The molecule has 1 aromatic carbocycles. The first-order chi connectivity index (χ1) is 15.1. The quantitative estimate of drug-likeness (QED) is 0.629. The molecule has 1 saturated heterocycles. The summed E-state index contributed by atoms with van der Waals surface area (Å²) in [7, 11) is 1.52. The van der Waals surface area contributed by atoms with Crippen molar-refractivity contribution in [1.82, 2.24) is 20.0 Å². The molecule has 162 valence electrons. The number of fused-ring (bicyclic) bond motifs is 2. The van der Waals surface area contributed by atoms with Crippen molar-refractivity contribution in [2.75, 3.05) is 37.0 Å². The highest BCUT2D eigenvalue weighted by molar-refractivity contribution is 7.22. The Kier molecular flexibility index (Phi) is 5.51. The van der Waals surface area contributed by atoms with Crippen molar-refractivity contribution in [2.24, 2.45) is 0 Å². The molecular formula is C20H21ClN6O3S. The van der Waals surface area contributed by atoms with Crippen molar-refractivity contribution in [3.05, 3.63) is 35.1 Å². The Labute approximate surface area is 187 Å². The van der Waals surface area contributed by atoms with Crippen LogP contribution in [0, 0.1) is 0 Å². The van der Waals surface area contributed by atoms with Crippen molar-refractivity contribution in [3.8, 4) is 5.88 Å². The average molecular weight is 461 g/mol. The third kappa shape index (κ3) is 4.10. The van der Waals surface area contributed by atoms with Crippen LogP contribution in [-0.2, 0) is 11.3 Å². The first-order valence-electron chi connectivity index (χ1n) is 10.0. The number of ether oxygens (including phenoxy) is 1. The Morgan fingerprint density at radius 1 is 1.26 bits per heavy atom. The molecule has 0 bridgehead atoms. The highest BCUT2D eigenvalue weighted by Gasteiger charge is 2.30. The van der Waals surface area contributed by atoms with Crippen LogP contribution in [0.2, 0.25) is 5.02 Å². The van der Waals surface area contributed by atoms with Gasteiger partial charge in [0.2, 0.25) is 5.88 Å². The molecule has 0 unspecified atom stereocenters. The molecule has 1 fully saturated rings. The van der Waals surface area contributed by atoms with Gasteiger partial charge in [0, 0.05) is 36.4 Å². The molecule has 0 atom stereocenters. The average Bonchev–Trinajstić information content (AvgIpc) is 3.37. The summed E-state index contributed by atoms with van der Waals surface area (Å²) in [5, 5.41) is 5.56. The summed E-state index contributed by atoms with van der Waals surface area (Å²) in [4.78, 5) is 33.4. The number of thiazole rings is 1. The van der Waals surface area contributed by atoms with Crippen molar-refractivity contribution >= 4 is 50.2 Å². The standard InChI is InChI=1S/C20H21ClN6O3S/c1-29-17-16-18(23-11-22-17)31-19(24-16)25-20(28)30-26-7-5-14(6-8-26)27-9-4-12-10-13(21)2-3-15(12)27/h2-3,10-11,14H,4-9H2,1H3,(H,24,25,28). The first kappa shape index (κ1) is 20.2. The summed E-state index contributed by atoms with van der Waals surface area (Å²) in [6.07, 6.45) is 3.70. The molecule has 2 aliphatic rings. The maximum Gasteiger partial charge on any atom is 0.432 e. The summed E-state index contributed by atoms with van der Waals surface area (Å²) >= 11 is 7.36. The second kappa shape index (κ2) is 8.45. The normalized spacial score (nSPS) is 17.0. The van der Waals surface area contributed by atoms with E-state index in [-0.39, 0.29) is 0 Å². The number of hydrogen-bond acceptors (Lipinski definition) is 9. The third-order valence-electron chi connectivity index (χ3n) is 5.61. The van der Waals surface area contributed by atoms with Crippen LogP contribution < -0.4 is 15.0 Å². The fraction of sp³-hybridized carbons (Fsp3) is 0.400. The molecule has 2 aliphatic heterocycles. The van der Waals surface area contributed by atoms with Gasteiger partial charge in [0.25, 0.3) is 0 Å². The maximum absolute atomic E-state index is 12.3. The van der Waals surface area contributed by atoms with Gasteiger partial charge in [-0.25, -0.2) is 14.8 Å². The minimum atomic E-state index is -0.564. The number of hydrogen-bond donors (Lipinski definition) is 1. The topological polar surface area (TPSA) is 92.7 Å². The number of methoxy groups -OCH3 is 1. The Morgan fingerprint density at radius 2 is 2.10 bits per heavy atom. The molecule has 0 spiro atoms. The smallest absolute Gasteiger partial charge is 0.432 e. The zero-order chi connectivity index (χ0) is 21.4. The van der Waals surface area contributed by atoms with Crippen LogP contribution in [0.25, 0.3) is 10.3 Å². The molecule has 1 N–H and O–H groups in total. The lowest BCUT2D eigenvalue weighted by atomic mass is 10.0. The van der Waals surface area contributed by atoms with Gasteiger partial charge >= 0.3 is 6.09 Å². The van der Waals surface area contributed by atoms with Crippen molar-refractivity contribution < 1.29 is 14.4 Å². The number of benzene rings is 1. The number of nitrogens with one attached hydrogen (secondary N) is 1. The fourth-order valence-electron chi connectivity index (χ4n) is 4.18. The van der Waals surface area contributed by atoms with Gasteiger partial charge in [0.1, 0.15) is 6.33 Å².